The van der Waals surface area contributed by atoms with Gasteiger partial charge in [0, 0.05) is 30.5 Å². The van der Waals surface area contributed by atoms with Crippen molar-refractivity contribution in [2.24, 2.45) is 4.99 Å². The molecule has 1 aliphatic heterocycles. The Bertz CT molecular complexity index is 699. The van der Waals surface area contributed by atoms with Crippen molar-refractivity contribution in [2.75, 3.05) is 25.1 Å². The van der Waals surface area contributed by atoms with Crippen LogP contribution in [0.4, 0.5) is 5.69 Å². The first-order valence-corrected chi connectivity index (χ1v) is 7.95. The van der Waals surface area contributed by atoms with Crippen LogP contribution in [0.5, 0.6) is 5.88 Å². The van der Waals surface area contributed by atoms with Crippen LogP contribution < -0.4 is 15.0 Å². The fraction of sp³-hybridized carbons (Fsp3) is 0.333. The topological polar surface area (TPSA) is 49.8 Å². The van der Waals surface area contributed by atoms with Gasteiger partial charge in [0.15, 0.2) is 5.96 Å². The Kier molecular flexibility index (Phi) is 4.76. The molecule has 0 atom stereocenters. The van der Waals surface area contributed by atoms with Crippen molar-refractivity contribution in [1.82, 2.24) is 10.3 Å². The van der Waals surface area contributed by atoms with Crippen molar-refractivity contribution in [3.05, 3.63) is 53.7 Å². The number of benzene rings is 1. The van der Waals surface area contributed by atoms with Crippen molar-refractivity contribution in [3.63, 3.8) is 0 Å². The molecule has 0 fully saturated rings. The molecule has 2 aromatic rings. The number of nitrogens with one attached hydrogen (secondary N) is 1. The molecule has 5 nitrogen and oxygen atoms in total. The molecule has 0 saturated carbocycles. The Morgan fingerprint density at radius 3 is 3.00 bits per heavy atom. The van der Waals surface area contributed by atoms with Gasteiger partial charge in [-0.25, -0.2) is 9.98 Å². The van der Waals surface area contributed by atoms with Gasteiger partial charge in [0.25, 0.3) is 0 Å². The van der Waals surface area contributed by atoms with Gasteiger partial charge in [-0.05, 0) is 31.0 Å². The monoisotopic (exact) mass is 310 g/mol. The standard InChI is InChI=1S/C18H22N4O/c1-3-19-18(21-13-15-8-6-11-20-17(15)23-2)22-12-10-14-7-4-5-9-16(14)22/h4-9,11H,3,10,12-13H2,1-2H3,(H,19,21). The number of anilines is 1. The molecule has 0 amide bonds. The second kappa shape index (κ2) is 7.13. The minimum Gasteiger partial charge on any atom is -0.481 e. The molecule has 1 N–H and O–H groups in total. The number of aromatic nitrogens is 1. The van der Waals surface area contributed by atoms with E-state index in [1.807, 2.05) is 12.1 Å². The molecule has 2 heterocycles. The molecule has 1 aromatic heterocycles. The SMILES string of the molecule is CCNC(=NCc1cccnc1OC)N1CCc2ccccc21. The molecule has 0 spiro atoms. The van der Waals surface area contributed by atoms with Gasteiger partial charge in [0.05, 0.1) is 13.7 Å². The number of para-hydroxylation sites is 1. The molecule has 0 bridgehead atoms. The van der Waals surface area contributed by atoms with E-state index in [4.69, 9.17) is 9.73 Å². The lowest BCUT2D eigenvalue weighted by Crippen LogP contribution is -2.40. The number of pyridine rings is 1. The normalized spacial score (nSPS) is 13.8. The van der Waals surface area contributed by atoms with Gasteiger partial charge >= 0.3 is 0 Å². The predicted octanol–water partition coefficient (Wildman–Crippen LogP) is 2.62. The van der Waals surface area contributed by atoms with Crippen LogP contribution in [0.1, 0.15) is 18.1 Å². The fourth-order valence-electron chi connectivity index (χ4n) is 2.84. The number of hydrogen-bond acceptors (Lipinski definition) is 3. The van der Waals surface area contributed by atoms with Gasteiger partial charge in [-0.1, -0.05) is 24.3 Å². The van der Waals surface area contributed by atoms with Gasteiger partial charge in [-0.15, -0.1) is 0 Å². The molecule has 5 heteroatoms. The second-order valence-electron chi connectivity index (χ2n) is 5.37. The second-order valence-corrected chi connectivity index (χ2v) is 5.37. The van der Waals surface area contributed by atoms with Crippen LogP contribution in [-0.4, -0.2) is 31.1 Å². The Morgan fingerprint density at radius 1 is 1.30 bits per heavy atom. The van der Waals surface area contributed by atoms with E-state index in [1.165, 1.54) is 11.3 Å². The first-order valence-electron chi connectivity index (χ1n) is 7.95. The summed E-state index contributed by atoms with van der Waals surface area (Å²) >= 11 is 0. The van der Waals surface area contributed by atoms with Crippen molar-refractivity contribution in [3.8, 4) is 5.88 Å². The van der Waals surface area contributed by atoms with Crippen LogP contribution >= 0.6 is 0 Å². The van der Waals surface area contributed by atoms with E-state index in [9.17, 15) is 0 Å². The Balaban J connectivity index is 1.85. The highest BCUT2D eigenvalue weighted by Crippen LogP contribution is 2.27. The lowest BCUT2D eigenvalue weighted by Gasteiger charge is -2.22. The fourth-order valence-corrected chi connectivity index (χ4v) is 2.84. The van der Waals surface area contributed by atoms with E-state index < -0.39 is 0 Å². The number of methoxy groups -OCH3 is 1. The predicted molar refractivity (Wildman–Crippen MR) is 93.1 cm³/mol. The zero-order valence-corrected chi connectivity index (χ0v) is 13.6. The number of aliphatic imine (C=N–C) groups is 1. The molecule has 0 aliphatic carbocycles. The van der Waals surface area contributed by atoms with Crippen molar-refractivity contribution in [2.45, 2.75) is 19.9 Å². The summed E-state index contributed by atoms with van der Waals surface area (Å²) in [5, 5.41) is 3.39. The van der Waals surface area contributed by atoms with E-state index in [2.05, 4.69) is 46.4 Å². The average Bonchev–Trinajstić information content (AvgIpc) is 3.03. The molecule has 3 rings (SSSR count). The maximum Gasteiger partial charge on any atom is 0.218 e. The maximum absolute atomic E-state index is 5.30. The molecule has 0 saturated heterocycles. The maximum atomic E-state index is 5.30. The quantitative estimate of drug-likeness (QED) is 0.697. The summed E-state index contributed by atoms with van der Waals surface area (Å²) in [6.45, 7) is 4.41. The van der Waals surface area contributed by atoms with Crippen molar-refractivity contribution < 1.29 is 4.74 Å². The van der Waals surface area contributed by atoms with E-state index in [1.54, 1.807) is 13.3 Å². The first kappa shape index (κ1) is 15.3. The van der Waals surface area contributed by atoms with Crippen LogP contribution in [0.2, 0.25) is 0 Å². The summed E-state index contributed by atoms with van der Waals surface area (Å²) < 4.78 is 5.30. The molecule has 0 radical (unpaired) electrons. The van der Waals surface area contributed by atoms with Gasteiger partial charge in [0.2, 0.25) is 5.88 Å². The molecule has 1 aliphatic rings. The summed E-state index contributed by atoms with van der Waals surface area (Å²) in [6.07, 6.45) is 2.78. The van der Waals surface area contributed by atoms with E-state index >= 15 is 0 Å². The molecule has 0 unspecified atom stereocenters. The first-order chi connectivity index (χ1) is 11.3. The number of hydrogen-bond donors (Lipinski definition) is 1. The van der Waals surface area contributed by atoms with Gasteiger partial charge < -0.3 is 15.0 Å². The van der Waals surface area contributed by atoms with Crippen LogP contribution in [-0.2, 0) is 13.0 Å². The van der Waals surface area contributed by atoms with Crippen molar-refractivity contribution >= 4 is 11.6 Å². The smallest absolute Gasteiger partial charge is 0.218 e. The molecule has 1 aromatic carbocycles. The lowest BCUT2D eigenvalue weighted by molar-refractivity contribution is 0.392. The highest BCUT2D eigenvalue weighted by atomic mass is 16.5. The third-order valence-corrected chi connectivity index (χ3v) is 3.92. The lowest BCUT2D eigenvalue weighted by atomic mass is 10.2. The highest BCUT2D eigenvalue weighted by molar-refractivity contribution is 5.97. The number of guanidine groups is 1. The minimum absolute atomic E-state index is 0.540. The number of nitrogens with zero attached hydrogens (tertiary/aromatic N) is 3. The largest absolute Gasteiger partial charge is 0.481 e. The summed E-state index contributed by atoms with van der Waals surface area (Å²) in [4.78, 5) is 11.3. The Hall–Kier alpha value is -2.56. The zero-order valence-electron chi connectivity index (χ0n) is 13.6. The highest BCUT2D eigenvalue weighted by Gasteiger charge is 2.22. The van der Waals surface area contributed by atoms with E-state index in [0.29, 0.717) is 12.4 Å². The average molecular weight is 310 g/mol. The summed E-state index contributed by atoms with van der Waals surface area (Å²) in [5.74, 6) is 1.54. The summed E-state index contributed by atoms with van der Waals surface area (Å²) in [5.41, 5.74) is 3.60. The third-order valence-electron chi connectivity index (χ3n) is 3.92. The van der Waals surface area contributed by atoms with E-state index in [0.717, 1.165) is 31.0 Å². The number of ether oxygens (including phenoxy) is 1. The molecule has 120 valence electrons. The Morgan fingerprint density at radius 2 is 2.17 bits per heavy atom. The minimum atomic E-state index is 0.540. The number of rotatable bonds is 4. The summed E-state index contributed by atoms with van der Waals surface area (Å²) in [6, 6.07) is 12.4. The Labute approximate surface area is 137 Å². The van der Waals surface area contributed by atoms with Crippen LogP contribution in [0, 0.1) is 0 Å². The van der Waals surface area contributed by atoms with Crippen LogP contribution in [0.3, 0.4) is 0 Å². The summed E-state index contributed by atoms with van der Waals surface area (Å²) in [7, 11) is 1.64. The van der Waals surface area contributed by atoms with Gasteiger partial charge in [0.1, 0.15) is 0 Å². The van der Waals surface area contributed by atoms with Crippen LogP contribution in [0.15, 0.2) is 47.6 Å². The van der Waals surface area contributed by atoms with Gasteiger partial charge in [-0.3, -0.25) is 0 Å². The molecular weight excluding hydrogens is 288 g/mol. The van der Waals surface area contributed by atoms with Gasteiger partial charge in [-0.2, -0.15) is 0 Å². The number of fused-ring (bicyclic) bond motifs is 1. The van der Waals surface area contributed by atoms with E-state index in [-0.39, 0.29) is 0 Å². The molecule has 23 heavy (non-hydrogen) atoms. The zero-order chi connectivity index (χ0) is 16.1. The molecular formula is C18H22N4O. The third kappa shape index (κ3) is 3.28. The van der Waals surface area contributed by atoms with Crippen molar-refractivity contribution in [1.29, 1.82) is 0 Å². The van der Waals surface area contributed by atoms with Crippen LogP contribution in [0.25, 0.3) is 0 Å².